The van der Waals surface area contributed by atoms with Crippen molar-refractivity contribution in [1.82, 2.24) is 15.1 Å². The third-order valence-electron chi connectivity index (χ3n) is 4.59. The van der Waals surface area contributed by atoms with E-state index in [4.69, 9.17) is 4.74 Å². The topological polar surface area (TPSA) is 80.5 Å². The van der Waals surface area contributed by atoms with Gasteiger partial charge in [-0.1, -0.05) is 25.1 Å². The van der Waals surface area contributed by atoms with Crippen molar-refractivity contribution in [3.63, 3.8) is 0 Å². The predicted molar refractivity (Wildman–Crippen MR) is 119 cm³/mol. The molecule has 0 unspecified atom stereocenters. The molecule has 0 aliphatic heterocycles. The molecule has 1 aromatic heterocycles. The second-order valence-electron chi connectivity index (χ2n) is 6.96. The molecule has 162 valence electrons. The van der Waals surface area contributed by atoms with Gasteiger partial charge in [-0.25, -0.2) is 9.38 Å². The standard InChI is InChI=1S/C23H26FN5O2/c1-4-12-29-15-17(16(2)28-29)14-25-23(26-18-8-7-9-19(13-18)31-3)27-22(30)20-10-5-6-11-21(20)24/h5-11,13,15H,4,12,14H2,1-3H3,(H2,25,26,27,30). The van der Waals surface area contributed by atoms with Crippen molar-refractivity contribution in [3.05, 3.63) is 77.4 Å². The summed E-state index contributed by atoms with van der Waals surface area (Å²) < 4.78 is 21.2. The van der Waals surface area contributed by atoms with Gasteiger partial charge in [0.2, 0.25) is 5.96 Å². The number of methoxy groups -OCH3 is 1. The molecule has 0 aliphatic rings. The molecule has 1 amide bonds. The first-order chi connectivity index (χ1) is 15.0. The van der Waals surface area contributed by atoms with Crippen LogP contribution in [0, 0.1) is 12.7 Å². The van der Waals surface area contributed by atoms with E-state index in [9.17, 15) is 9.18 Å². The molecule has 31 heavy (non-hydrogen) atoms. The summed E-state index contributed by atoms with van der Waals surface area (Å²) in [7, 11) is 1.57. The molecule has 0 saturated carbocycles. The number of rotatable bonds is 7. The second-order valence-corrected chi connectivity index (χ2v) is 6.96. The SMILES string of the molecule is CCCn1cc(CN=C(NC(=O)c2ccccc2F)Nc2cccc(OC)c2)c(C)n1. The van der Waals surface area contributed by atoms with Gasteiger partial charge in [0.15, 0.2) is 0 Å². The Bertz CT molecular complexity index is 1080. The van der Waals surface area contributed by atoms with Gasteiger partial charge >= 0.3 is 0 Å². The maximum Gasteiger partial charge on any atom is 0.260 e. The Hall–Kier alpha value is -3.68. The zero-order valence-corrected chi connectivity index (χ0v) is 17.9. The summed E-state index contributed by atoms with van der Waals surface area (Å²) in [5, 5.41) is 10.2. The van der Waals surface area contributed by atoms with E-state index in [0.29, 0.717) is 18.0 Å². The Labute approximate surface area is 181 Å². The van der Waals surface area contributed by atoms with Crippen molar-refractivity contribution in [3.8, 4) is 5.75 Å². The minimum atomic E-state index is -0.600. The molecule has 8 heteroatoms. The summed E-state index contributed by atoms with van der Waals surface area (Å²) in [6.07, 6.45) is 2.93. The van der Waals surface area contributed by atoms with Crippen molar-refractivity contribution in [2.24, 2.45) is 4.99 Å². The lowest BCUT2D eigenvalue weighted by Crippen LogP contribution is -2.36. The number of benzene rings is 2. The van der Waals surface area contributed by atoms with E-state index in [1.54, 1.807) is 19.2 Å². The van der Waals surface area contributed by atoms with Gasteiger partial charge in [0.1, 0.15) is 11.6 Å². The molecule has 0 radical (unpaired) electrons. The van der Waals surface area contributed by atoms with Crippen molar-refractivity contribution < 1.29 is 13.9 Å². The number of guanidine groups is 1. The van der Waals surface area contributed by atoms with Crippen LogP contribution in [0.3, 0.4) is 0 Å². The van der Waals surface area contributed by atoms with Crippen LogP contribution >= 0.6 is 0 Å². The molecular weight excluding hydrogens is 397 g/mol. The van der Waals surface area contributed by atoms with Gasteiger partial charge in [0.25, 0.3) is 5.91 Å². The third kappa shape index (κ3) is 5.91. The van der Waals surface area contributed by atoms with Crippen LogP contribution in [0.1, 0.15) is 35.0 Å². The number of anilines is 1. The van der Waals surface area contributed by atoms with Crippen LogP contribution < -0.4 is 15.4 Å². The molecule has 3 aromatic rings. The smallest absolute Gasteiger partial charge is 0.260 e. The first kappa shape index (κ1) is 22.0. The number of halogens is 1. The number of hydrogen-bond acceptors (Lipinski definition) is 4. The summed E-state index contributed by atoms with van der Waals surface area (Å²) >= 11 is 0. The highest BCUT2D eigenvalue weighted by Gasteiger charge is 2.14. The second kappa shape index (κ2) is 10.4. The van der Waals surface area contributed by atoms with E-state index in [-0.39, 0.29) is 11.5 Å². The molecule has 0 fully saturated rings. The van der Waals surface area contributed by atoms with Crippen molar-refractivity contribution in [2.75, 3.05) is 12.4 Å². The van der Waals surface area contributed by atoms with E-state index in [2.05, 4.69) is 27.6 Å². The van der Waals surface area contributed by atoms with Gasteiger partial charge in [0, 0.05) is 30.1 Å². The molecule has 0 saturated heterocycles. The number of carbonyl (C=O) groups excluding carboxylic acids is 1. The van der Waals surface area contributed by atoms with Crippen LogP contribution in [-0.4, -0.2) is 28.8 Å². The van der Waals surface area contributed by atoms with Gasteiger partial charge < -0.3 is 10.1 Å². The average molecular weight is 423 g/mol. The molecular formula is C23H26FN5O2. The van der Waals surface area contributed by atoms with Gasteiger partial charge in [0.05, 0.1) is 24.9 Å². The first-order valence-electron chi connectivity index (χ1n) is 10.0. The summed E-state index contributed by atoms with van der Waals surface area (Å²) in [4.78, 5) is 17.2. The largest absolute Gasteiger partial charge is 0.497 e. The lowest BCUT2D eigenvalue weighted by Gasteiger charge is -2.13. The average Bonchev–Trinajstić information content (AvgIpc) is 3.11. The molecule has 0 spiro atoms. The molecule has 0 aliphatic carbocycles. The lowest BCUT2D eigenvalue weighted by molar-refractivity contribution is 0.0973. The van der Waals surface area contributed by atoms with Crippen molar-refractivity contribution in [1.29, 1.82) is 0 Å². The first-order valence-corrected chi connectivity index (χ1v) is 10.0. The summed E-state index contributed by atoms with van der Waals surface area (Å²) in [6.45, 7) is 5.14. The Morgan fingerprint density at radius 2 is 2.03 bits per heavy atom. The fourth-order valence-electron chi connectivity index (χ4n) is 2.99. The Kier molecular flexibility index (Phi) is 7.37. The van der Waals surface area contributed by atoms with Gasteiger partial charge in [-0.2, -0.15) is 5.10 Å². The Morgan fingerprint density at radius 3 is 2.77 bits per heavy atom. The van der Waals surface area contributed by atoms with E-state index < -0.39 is 11.7 Å². The van der Waals surface area contributed by atoms with Crippen LogP contribution in [0.15, 0.2) is 59.7 Å². The molecule has 7 nitrogen and oxygen atoms in total. The highest BCUT2D eigenvalue weighted by molar-refractivity contribution is 6.10. The predicted octanol–water partition coefficient (Wildman–Crippen LogP) is 4.15. The number of amides is 1. The highest BCUT2D eigenvalue weighted by Crippen LogP contribution is 2.17. The molecule has 2 aromatic carbocycles. The van der Waals surface area contributed by atoms with Crippen LogP contribution in [0.5, 0.6) is 5.75 Å². The normalized spacial score (nSPS) is 11.3. The van der Waals surface area contributed by atoms with Gasteiger partial charge in [-0.15, -0.1) is 0 Å². The number of aromatic nitrogens is 2. The van der Waals surface area contributed by atoms with Crippen LogP contribution in [-0.2, 0) is 13.1 Å². The summed E-state index contributed by atoms with van der Waals surface area (Å²) in [6, 6.07) is 13.0. The van der Waals surface area contributed by atoms with E-state index >= 15 is 0 Å². The fraction of sp³-hybridized carbons (Fsp3) is 0.261. The van der Waals surface area contributed by atoms with Crippen molar-refractivity contribution in [2.45, 2.75) is 33.4 Å². The zero-order chi connectivity index (χ0) is 22.2. The van der Waals surface area contributed by atoms with Gasteiger partial charge in [-0.3, -0.25) is 14.8 Å². The van der Waals surface area contributed by atoms with Gasteiger partial charge in [-0.05, 0) is 37.6 Å². The summed E-state index contributed by atoms with van der Waals surface area (Å²) in [5.74, 6) is -0.339. The minimum Gasteiger partial charge on any atom is -0.497 e. The number of aryl methyl sites for hydroxylation is 2. The quantitative estimate of drug-likeness (QED) is 0.442. The molecule has 0 bridgehead atoms. The number of nitrogens with zero attached hydrogens (tertiary/aromatic N) is 3. The number of nitrogens with one attached hydrogen (secondary N) is 2. The number of ether oxygens (including phenoxy) is 1. The van der Waals surface area contributed by atoms with Crippen LogP contribution in [0.25, 0.3) is 0 Å². The van der Waals surface area contributed by atoms with Crippen LogP contribution in [0.4, 0.5) is 10.1 Å². The maximum absolute atomic E-state index is 14.0. The molecule has 0 atom stereocenters. The Morgan fingerprint density at radius 1 is 1.23 bits per heavy atom. The zero-order valence-electron chi connectivity index (χ0n) is 17.9. The van der Waals surface area contributed by atoms with E-state index in [1.165, 1.54) is 18.2 Å². The van der Waals surface area contributed by atoms with E-state index in [0.717, 1.165) is 24.2 Å². The molecule has 3 rings (SSSR count). The maximum atomic E-state index is 14.0. The monoisotopic (exact) mass is 423 g/mol. The number of hydrogen-bond donors (Lipinski definition) is 2. The number of aliphatic imine (C=N–C) groups is 1. The third-order valence-corrected chi connectivity index (χ3v) is 4.59. The minimum absolute atomic E-state index is 0.0606. The lowest BCUT2D eigenvalue weighted by atomic mass is 10.2. The summed E-state index contributed by atoms with van der Waals surface area (Å²) in [5.41, 5.74) is 2.43. The van der Waals surface area contributed by atoms with E-state index in [1.807, 2.05) is 36.0 Å². The molecule has 1 heterocycles. The Balaban J connectivity index is 1.85. The fourth-order valence-corrected chi connectivity index (χ4v) is 2.99. The van der Waals surface area contributed by atoms with Crippen LogP contribution in [0.2, 0.25) is 0 Å². The molecule has 2 N–H and O–H groups in total. The highest BCUT2D eigenvalue weighted by atomic mass is 19.1. The van der Waals surface area contributed by atoms with Crippen molar-refractivity contribution >= 4 is 17.6 Å². The number of carbonyl (C=O) groups is 1.